The summed E-state index contributed by atoms with van der Waals surface area (Å²) in [6.45, 7) is 4.36. The molecule has 2 fully saturated rings. The van der Waals surface area contributed by atoms with E-state index >= 15 is 0 Å². The zero-order chi connectivity index (χ0) is 20.4. The van der Waals surface area contributed by atoms with Gasteiger partial charge in [0.2, 0.25) is 5.91 Å². The van der Waals surface area contributed by atoms with Crippen molar-refractivity contribution in [2.24, 2.45) is 0 Å². The molecule has 0 bridgehead atoms. The van der Waals surface area contributed by atoms with Gasteiger partial charge >= 0.3 is 0 Å². The van der Waals surface area contributed by atoms with Gasteiger partial charge in [0.1, 0.15) is 0 Å². The van der Waals surface area contributed by atoms with Crippen molar-refractivity contribution in [1.82, 2.24) is 15.1 Å². The van der Waals surface area contributed by atoms with Crippen molar-refractivity contribution in [3.05, 3.63) is 53.2 Å². The molecule has 1 aromatic heterocycles. The number of hydrogen-bond donors (Lipinski definition) is 0. The lowest BCUT2D eigenvalue weighted by atomic mass is 9.73. The highest BCUT2D eigenvalue weighted by Gasteiger charge is 2.44. The van der Waals surface area contributed by atoms with Crippen LogP contribution in [-0.4, -0.2) is 60.4 Å². The number of amides is 1. The molecular weight excluding hydrogens is 376 g/mol. The smallest absolute Gasteiger partial charge is 0.233 e. The van der Waals surface area contributed by atoms with E-state index in [2.05, 4.69) is 38.2 Å². The number of rotatable bonds is 3. The third kappa shape index (κ3) is 3.58. The van der Waals surface area contributed by atoms with Crippen molar-refractivity contribution in [2.45, 2.75) is 43.9 Å². The topological polar surface area (TPSA) is 58.6 Å². The van der Waals surface area contributed by atoms with Gasteiger partial charge in [0.25, 0.3) is 0 Å². The summed E-state index contributed by atoms with van der Waals surface area (Å²) in [6, 6.07) is 12.5. The minimum atomic E-state index is -0.451. The number of anilines is 1. The van der Waals surface area contributed by atoms with Crippen LogP contribution in [0.15, 0.2) is 36.4 Å². The summed E-state index contributed by atoms with van der Waals surface area (Å²) in [5, 5.41) is 8.98. The molecule has 2 aliphatic heterocycles. The lowest BCUT2D eigenvalue weighted by Crippen LogP contribution is -2.56. The van der Waals surface area contributed by atoms with Gasteiger partial charge in [-0.3, -0.25) is 4.79 Å². The predicted molar refractivity (Wildman–Crippen MR) is 116 cm³/mol. The van der Waals surface area contributed by atoms with E-state index in [1.165, 1.54) is 24.1 Å². The summed E-state index contributed by atoms with van der Waals surface area (Å²) < 4.78 is 5.61. The first-order valence-corrected chi connectivity index (χ1v) is 11.3. The second-order valence-corrected chi connectivity index (χ2v) is 8.72. The molecule has 1 aliphatic carbocycles. The van der Waals surface area contributed by atoms with Gasteiger partial charge in [0.15, 0.2) is 5.82 Å². The number of benzene rings is 1. The number of aryl methyl sites for hydroxylation is 2. The van der Waals surface area contributed by atoms with Crippen molar-refractivity contribution >= 4 is 11.7 Å². The molecule has 0 radical (unpaired) electrons. The number of carbonyl (C=O) groups excluding carboxylic acids is 1. The number of aromatic nitrogens is 2. The first-order valence-electron chi connectivity index (χ1n) is 11.3. The van der Waals surface area contributed by atoms with Gasteiger partial charge in [-0.05, 0) is 55.7 Å². The first-order chi connectivity index (χ1) is 14.8. The molecule has 0 saturated carbocycles. The fourth-order valence-corrected chi connectivity index (χ4v) is 5.18. The Bertz CT molecular complexity index is 887. The Morgan fingerprint density at radius 1 is 0.933 bits per heavy atom. The highest BCUT2D eigenvalue weighted by atomic mass is 16.5. The Morgan fingerprint density at radius 2 is 1.67 bits per heavy atom. The molecule has 1 aromatic carbocycles. The Labute approximate surface area is 178 Å². The third-order valence-electron chi connectivity index (χ3n) is 7.03. The number of ether oxygens (including phenoxy) is 1. The SMILES string of the molecule is O=C(N1CCN(c2cc3c(nn2)CCCC3)CC1)C1(c2ccccc2)CCOCC1. The van der Waals surface area contributed by atoms with Crippen LogP contribution < -0.4 is 4.90 Å². The lowest BCUT2D eigenvalue weighted by molar-refractivity contribution is -0.141. The maximum absolute atomic E-state index is 13.7. The van der Waals surface area contributed by atoms with Crippen LogP contribution in [0.2, 0.25) is 0 Å². The average molecular weight is 407 g/mol. The lowest BCUT2D eigenvalue weighted by Gasteiger charge is -2.43. The zero-order valence-corrected chi connectivity index (χ0v) is 17.6. The Kier molecular flexibility index (Phi) is 5.42. The van der Waals surface area contributed by atoms with Crippen molar-refractivity contribution in [2.75, 3.05) is 44.3 Å². The fourth-order valence-electron chi connectivity index (χ4n) is 5.18. The summed E-state index contributed by atoms with van der Waals surface area (Å²) in [4.78, 5) is 18.1. The molecule has 6 nitrogen and oxygen atoms in total. The Morgan fingerprint density at radius 3 is 2.43 bits per heavy atom. The van der Waals surface area contributed by atoms with Gasteiger partial charge in [-0.15, -0.1) is 5.10 Å². The maximum atomic E-state index is 13.7. The van der Waals surface area contributed by atoms with Gasteiger partial charge in [-0.2, -0.15) is 5.10 Å². The largest absolute Gasteiger partial charge is 0.381 e. The van der Waals surface area contributed by atoms with Crippen molar-refractivity contribution in [3.8, 4) is 0 Å². The number of carbonyl (C=O) groups is 1. The van der Waals surface area contributed by atoms with E-state index < -0.39 is 5.41 Å². The van der Waals surface area contributed by atoms with Crippen molar-refractivity contribution < 1.29 is 9.53 Å². The molecule has 1 amide bonds. The summed E-state index contributed by atoms with van der Waals surface area (Å²) in [5.74, 6) is 1.22. The first kappa shape index (κ1) is 19.5. The molecule has 0 atom stereocenters. The Balaban J connectivity index is 1.30. The normalized spacial score (nSPS) is 21.2. The van der Waals surface area contributed by atoms with E-state index in [-0.39, 0.29) is 5.91 Å². The second kappa shape index (κ2) is 8.34. The molecule has 0 N–H and O–H groups in total. The third-order valence-corrected chi connectivity index (χ3v) is 7.03. The zero-order valence-electron chi connectivity index (χ0n) is 17.6. The van der Waals surface area contributed by atoms with Crippen LogP contribution in [0.1, 0.15) is 42.5 Å². The molecule has 5 rings (SSSR count). The molecule has 2 saturated heterocycles. The molecule has 0 spiro atoms. The standard InChI is InChI=1S/C24H30N4O2/c29-23(24(10-16-30-17-11-24)20-7-2-1-3-8-20)28-14-12-27(13-15-28)22-18-19-6-4-5-9-21(19)25-26-22/h1-3,7-8,18H,4-6,9-17H2. The Hall–Kier alpha value is -2.47. The summed E-state index contributed by atoms with van der Waals surface area (Å²) in [7, 11) is 0. The van der Waals surface area contributed by atoms with Gasteiger partial charge in [-0.25, -0.2) is 0 Å². The molecule has 2 aromatic rings. The van der Waals surface area contributed by atoms with Crippen LogP contribution in [-0.2, 0) is 27.8 Å². The van der Waals surface area contributed by atoms with E-state index in [4.69, 9.17) is 4.74 Å². The van der Waals surface area contributed by atoms with Gasteiger partial charge in [-0.1, -0.05) is 30.3 Å². The minimum absolute atomic E-state index is 0.258. The molecule has 30 heavy (non-hydrogen) atoms. The molecular formula is C24H30N4O2. The number of nitrogens with zero attached hydrogens (tertiary/aromatic N) is 4. The van der Waals surface area contributed by atoms with E-state index in [9.17, 15) is 4.79 Å². The average Bonchev–Trinajstić information content (AvgIpc) is 2.84. The monoisotopic (exact) mass is 406 g/mol. The maximum Gasteiger partial charge on any atom is 0.233 e. The molecule has 3 heterocycles. The number of fused-ring (bicyclic) bond motifs is 1. The van der Waals surface area contributed by atoms with E-state index in [0.29, 0.717) is 13.2 Å². The predicted octanol–water partition coefficient (Wildman–Crippen LogP) is 2.75. The van der Waals surface area contributed by atoms with Crippen LogP contribution in [0.25, 0.3) is 0 Å². The van der Waals surface area contributed by atoms with Gasteiger partial charge < -0.3 is 14.5 Å². The minimum Gasteiger partial charge on any atom is -0.381 e. The molecule has 3 aliphatic rings. The number of hydrogen-bond acceptors (Lipinski definition) is 5. The van der Waals surface area contributed by atoms with Gasteiger partial charge in [0.05, 0.1) is 11.1 Å². The second-order valence-electron chi connectivity index (χ2n) is 8.72. The summed E-state index contributed by atoms with van der Waals surface area (Å²) in [5.41, 5.74) is 3.20. The quantitative estimate of drug-likeness (QED) is 0.785. The van der Waals surface area contributed by atoms with Crippen LogP contribution in [0, 0.1) is 0 Å². The van der Waals surface area contributed by atoms with Crippen LogP contribution in [0.5, 0.6) is 0 Å². The summed E-state index contributed by atoms with van der Waals surface area (Å²) in [6.07, 6.45) is 6.13. The highest BCUT2D eigenvalue weighted by molar-refractivity contribution is 5.88. The van der Waals surface area contributed by atoms with Crippen molar-refractivity contribution in [3.63, 3.8) is 0 Å². The van der Waals surface area contributed by atoms with E-state index in [1.54, 1.807) is 0 Å². The molecule has 158 valence electrons. The highest BCUT2D eigenvalue weighted by Crippen LogP contribution is 2.37. The van der Waals surface area contributed by atoms with Crippen LogP contribution in [0.3, 0.4) is 0 Å². The molecule has 0 unspecified atom stereocenters. The van der Waals surface area contributed by atoms with Crippen molar-refractivity contribution in [1.29, 1.82) is 0 Å². The van der Waals surface area contributed by atoms with E-state index in [0.717, 1.165) is 63.2 Å². The fraction of sp³-hybridized carbons (Fsp3) is 0.542. The summed E-state index contributed by atoms with van der Waals surface area (Å²) >= 11 is 0. The molecule has 6 heteroatoms. The number of piperazine rings is 1. The van der Waals surface area contributed by atoms with Crippen LogP contribution in [0.4, 0.5) is 5.82 Å². The van der Waals surface area contributed by atoms with Crippen LogP contribution >= 0.6 is 0 Å². The van der Waals surface area contributed by atoms with Gasteiger partial charge in [0, 0.05) is 39.4 Å². The van der Waals surface area contributed by atoms with E-state index in [1.807, 2.05) is 18.2 Å².